The van der Waals surface area contributed by atoms with Crippen LogP contribution in [0, 0.1) is 5.82 Å². The molecule has 0 spiro atoms. The predicted molar refractivity (Wildman–Crippen MR) is 149 cm³/mol. The monoisotopic (exact) mass is 534 g/mol. The Morgan fingerprint density at radius 1 is 0.947 bits per heavy atom. The fraction of sp³-hybridized carbons (Fsp3) is 0.355. The topological polar surface area (TPSA) is 67.4 Å². The summed E-state index contributed by atoms with van der Waals surface area (Å²) in [7, 11) is 0. The van der Waals surface area contributed by atoms with Crippen LogP contribution in [0.2, 0.25) is 5.02 Å². The summed E-state index contributed by atoms with van der Waals surface area (Å²) in [5.74, 6) is -1.03. The van der Waals surface area contributed by atoms with E-state index in [1.807, 2.05) is 49.4 Å². The molecule has 1 atom stereocenters. The molecule has 5 nitrogen and oxygen atoms in total. The fourth-order valence-corrected chi connectivity index (χ4v) is 5.69. The first kappa shape index (κ1) is 26.2. The van der Waals surface area contributed by atoms with E-state index in [1.165, 1.54) is 6.07 Å². The molecule has 1 saturated carbocycles. The lowest BCUT2D eigenvalue weighted by molar-refractivity contribution is -0.119. The molecule has 1 unspecified atom stereocenters. The fourth-order valence-electron chi connectivity index (χ4n) is 5.49. The lowest BCUT2D eigenvalue weighted by atomic mass is 9.90. The average Bonchev–Trinajstić information content (AvgIpc) is 3.44. The smallest absolute Gasteiger partial charge is 0.252 e. The summed E-state index contributed by atoms with van der Waals surface area (Å²) in [6.45, 7) is 1.94. The highest BCUT2D eigenvalue weighted by atomic mass is 35.5. The molecule has 1 fully saturated rings. The van der Waals surface area contributed by atoms with E-state index in [2.05, 4.69) is 10.6 Å². The van der Waals surface area contributed by atoms with Crippen molar-refractivity contribution in [1.29, 1.82) is 0 Å². The van der Waals surface area contributed by atoms with E-state index in [1.54, 1.807) is 0 Å². The molecule has 2 amide bonds. The molecule has 3 aromatic carbocycles. The van der Waals surface area contributed by atoms with Crippen molar-refractivity contribution < 1.29 is 18.7 Å². The van der Waals surface area contributed by atoms with Gasteiger partial charge >= 0.3 is 0 Å². The van der Waals surface area contributed by atoms with Gasteiger partial charge in [-0.1, -0.05) is 54.1 Å². The molecule has 2 N–H and O–H groups in total. The van der Waals surface area contributed by atoms with E-state index in [-0.39, 0.29) is 28.8 Å². The van der Waals surface area contributed by atoms with Gasteiger partial charge in [0.25, 0.3) is 5.91 Å². The number of hydrogen-bond acceptors (Lipinski definition) is 3. The van der Waals surface area contributed by atoms with Crippen molar-refractivity contribution in [2.24, 2.45) is 0 Å². The van der Waals surface area contributed by atoms with Crippen LogP contribution in [-0.2, 0) is 9.59 Å². The molecule has 2 aliphatic carbocycles. The quantitative estimate of drug-likeness (QED) is 0.327. The van der Waals surface area contributed by atoms with Gasteiger partial charge < -0.3 is 15.4 Å². The number of ether oxygens (including phenoxy) is 1. The summed E-state index contributed by atoms with van der Waals surface area (Å²) in [6, 6.07) is 16.4. The van der Waals surface area contributed by atoms with Crippen LogP contribution < -0.4 is 15.4 Å². The summed E-state index contributed by atoms with van der Waals surface area (Å²) >= 11 is 6.23. The van der Waals surface area contributed by atoms with Gasteiger partial charge in [-0.15, -0.1) is 0 Å². The lowest BCUT2D eigenvalue weighted by Gasteiger charge is -2.23. The molecular formula is C31H32ClFN2O3. The number of carbonyl (C=O) groups excluding carboxylic acids is 2. The second-order valence-electron chi connectivity index (χ2n) is 10.2. The maximum atomic E-state index is 14.8. The average molecular weight is 535 g/mol. The minimum atomic E-state index is -0.644. The minimum Gasteiger partial charge on any atom is -0.489 e. The first-order valence-corrected chi connectivity index (χ1v) is 13.8. The number of benzene rings is 3. The number of rotatable bonds is 7. The maximum Gasteiger partial charge on any atom is 0.252 e. The molecule has 5 rings (SSSR count). The van der Waals surface area contributed by atoms with Crippen LogP contribution >= 0.6 is 11.6 Å². The Kier molecular flexibility index (Phi) is 7.98. The highest BCUT2D eigenvalue weighted by molar-refractivity contribution is 6.32. The number of carbonyl (C=O) groups is 2. The lowest BCUT2D eigenvalue weighted by Crippen LogP contribution is -2.31. The Hall–Kier alpha value is -3.38. The first-order valence-electron chi connectivity index (χ1n) is 13.4. The van der Waals surface area contributed by atoms with Crippen molar-refractivity contribution in [2.75, 3.05) is 5.32 Å². The molecule has 0 aliphatic heterocycles. The molecule has 38 heavy (non-hydrogen) atoms. The Bertz CT molecular complexity index is 1390. The van der Waals surface area contributed by atoms with Gasteiger partial charge in [0.15, 0.2) is 0 Å². The molecule has 0 bridgehead atoms. The molecular weight excluding hydrogens is 503 g/mol. The third-order valence-electron chi connectivity index (χ3n) is 7.52. The Morgan fingerprint density at radius 3 is 2.39 bits per heavy atom. The second kappa shape index (κ2) is 11.6. The van der Waals surface area contributed by atoms with Gasteiger partial charge in [-0.25, -0.2) is 4.39 Å². The zero-order valence-electron chi connectivity index (χ0n) is 21.5. The molecule has 3 aromatic rings. The third-order valence-corrected chi connectivity index (χ3v) is 7.81. The number of halogens is 2. The summed E-state index contributed by atoms with van der Waals surface area (Å²) in [6.07, 6.45) is 6.63. The number of nitrogens with one attached hydrogen (secondary N) is 2. The third kappa shape index (κ3) is 5.70. The van der Waals surface area contributed by atoms with E-state index >= 15 is 0 Å². The summed E-state index contributed by atoms with van der Waals surface area (Å²) in [4.78, 5) is 26.7. The molecule has 198 valence electrons. The number of hydrogen-bond donors (Lipinski definition) is 2. The van der Waals surface area contributed by atoms with Crippen molar-refractivity contribution in [1.82, 2.24) is 5.32 Å². The zero-order valence-corrected chi connectivity index (χ0v) is 22.2. The molecule has 7 heteroatoms. The van der Waals surface area contributed by atoms with E-state index in [9.17, 15) is 14.0 Å². The van der Waals surface area contributed by atoms with Gasteiger partial charge in [0, 0.05) is 17.2 Å². The summed E-state index contributed by atoms with van der Waals surface area (Å²) in [5.41, 5.74) is 1.86. The Balaban J connectivity index is 1.35. The van der Waals surface area contributed by atoms with Crippen LogP contribution in [0.15, 0.2) is 65.7 Å². The van der Waals surface area contributed by atoms with Crippen molar-refractivity contribution in [3.05, 3.63) is 82.1 Å². The van der Waals surface area contributed by atoms with E-state index in [4.69, 9.17) is 16.3 Å². The van der Waals surface area contributed by atoms with Gasteiger partial charge in [0.1, 0.15) is 11.6 Å². The highest BCUT2D eigenvalue weighted by Gasteiger charge is 2.26. The van der Waals surface area contributed by atoms with E-state index < -0.39 is 11.7 Å². The highest BCUT2D eigenvalue weighted by Crippen LogP contribution is 2.35. The normalized spacial score (nSPS) is 16.9. The van der Waals surface area contributed by atoms with Crippen LogP contribution in [0.3, 0.4) is 0 Å². The summed E-state index contributed by atoms with van der Waals surface area (Å²) < 4.78 is 20.7. The van der Waals surface area contributed by atoms with Crippen LogP contribution in [0.4, 0.5) is 10.1 Å². The van der Waals surface area contributed by atoms with Crippen LogP contribution in [-0.4, -0.2) is 17.9 Å². The van der Waals surface area contributed by atoms with Crippen molar-refractivity contribution in [3.63, 3.8) is 0 Å². The number of amides is 2. The first-order chi connectivity index (χ1) is 18.4. The van der Waals surface area contributed by atoms with Crippen molar-refractivity contribution in [2.45, 2.75) is 70.4 Å². The van der Waals surface area contributed by atoms with Gasteiger partial charge in [0.2, 0.25) is 5.91 Å². The van der Waals surface area contributed by atoms with Crippen LogP contribution in [0.1, 0.15) is 69.9 Å². The van der Waals surface area contributed by atoms with Crippen molar-refractivity contribution in [3.8, 4) is 5.75 Å². The standard InChI is InChI=1S/C31H32ClFN2O3/c1-19(22-16-8-10-20-9-2-5-13-23(20)22)34-30(36)24-14-6-7-15-25(24)31(37)35-28-18-29(26(32)17-27(28)33)38-21-11-3-4-12-21/h2,5,8-10,13,16-19,21H,3-4,6-7,11-12,14-15H2,1H3,(H,34,36)(H,35,37). The maximum absolute atomic E-state index is 14.8. The predicted octanol–water partition coefficient (Wildman–Crippen LogP) is 7.64. The van der Waals surface area contributed by atoms with Gasteiger partial charge in [0.05, 0.1) is 22.9 Å². The van der Waals surface area contributed by atoms with Crippen LogP contribution in [0.5, 0.6) is 5.75 Å². The van der Waals surface area contributed by atoms with E-state index in [0.29, 0.717) is 29.7 Å². The molecule has 0 saturated heterocycles. The molecule has 0 radical (unpaired) electrons. The molecule has 0 aromatic heterocycles. The summed E-state index contributed by atoms with van der Waals surface area (Å²) in [5, 5.41) is 8.11. The second-order valence-corrected chi connectivity index (χ2v) is 10.6. The Morgan fingerprint density at radius 2 is 1.63 bits per heavy atom. The SMILES string of the molecule is CC(NC(=O)C1=C(C(=O)Nc2cc(OC3CCCC3)c(Cl)cc2F)CCCC1)c1cccc2ccccc12. The minimum absolute atomic E-state index is 0.00523. The van der Waals surface area contributed by atoms with E-state index in [0.717, 1.165) is 60.9 Å². The Labute approximate surface area is 227 Å². The zero-order chi connectivity index (χ0) is 26.6. The number of anilines is 1. The largest absolute Gasteiger partial charge is 0.489 e. The van der Waals surface area contributed by atoms with Gasteiger partial charge in [-0.05, 0) is 80.7 Å². The van der Waals surface area contributed by atoms with Gasteiger partial charge in [-0.3, -0.25) is 9.59 Å². The van der Waals surface area contributed by atoms with Crippen molar-refractivity contribution >= 4 is 39.9 Å². The number of fused-ring (bicyclic) bond motifs is 1. The molecule has 0 heterocycles. The van der Waals surface area contributed by atoms with Crippen LogP contribution in [0.25, 0.3) is 10.8 Å². The molecule has 2 aliphatic rings. The van der Waals surface area contributed by atoms with Gasteiger partial charge in [-0.2, -0.15) is 0 Å².